The SMILES string of the molecule is Cc1nn(C)cc1C(=O)N(C)Cc1ccc(N)cc1. The van der Waals surface area contributed by atoms with Gasteiger partial charge in [0.25, 0.3) is 5.91 Å². The fourth-order valence-corrected chi connectivity index (χ4v) is 1.98. The molecule has 0 aliphatic heterocycles. The lowest BCUT2D eigenvalue weighted by Crippen LogP contribution is -2.26. The first-order valence-corrected chi connectivity index (χ1v) is 6.07. The lowest BCUT2D eigenvalue weighted by molar-refractivity contribution is 0.0784. The number of carbonyl (C=O) groups is 1. The molecular formula is C14H18N4O. The van der Waals surface area contributed by atoms with Gasteiger partial charge in [0.05, 0.1) is 11.3 Å². The molecule has 0 aliphatic rings. The van der Waals surface area contributed by atoms with E-state index in [1.165, 1.54) is 0 Å². The molecule has 19 heavy (non-hydrogen) atoms. The van der Waals surface area contributed by atoms with E-state index in [0.29, 0.717) is 12.1 Å². The van der Waals surface area contributed by atoms with E-state index in [9.17, 15) is 4.79 Å². The predicted octanol–water partition coefficient (Wildman–Crippen LogP) is 1.58. The molecule has 0 saturated heterocycles. The van der Waals surface area contributed by atoms with Crippen molar-refractivity contribution in [2.45, 2.75) is 13.5 Å². The molecule has 0 spiro atoms. The third-order valence-corrected chi connectivity index (χ3v) is 2.99. The summed E-state index contributed by atoms with van der Waals surface area (Å²) in [6, 6.07) is 7.52. The molecule has 0 unspecified atom stereocenters. The largest absolute Gasteiger partial charge is 0.399 e. The normalized spacial score (nSPS) is 10.5. The number of aryl methyl sites for hydroxylation is 2. The van der Waals surface area contributed by atoms with Gasteiger partial charge in [0.2, 0.25) is 0 Å². The van der Waals surface area contributed by atoms with Crippen LogP contribution >= 0.6 is 0 Å². The fraction of sp³-hybridized carbons (Fsp3) is 0.286. The molecule has 0 radical (unpaired) electrons. The third kappa shape index (κ3) is 2.93. The molecule has 1 amide bonds. The number of amides is 1. The second kappa shape index (κ2) is 5.14. The van der Waals surface area contributed by atoms with E-state index >= 15 is 0 Å². The van der Waals surface area contributed by atoms with Crippen LogP contribution in [0.15, 0.2) is 30.5 Å². The summed E-state index contributed by atoms with van der Waals surface area (Å²) in [5, 5.41) is 4.19. The standard InChI is InChI=1S/C14H18N4O/c1-10-13(9-18(3)16-10)14(19)17(2)8-11-4-6-12(15)7-5-11/h4-7,9H,8,15H2,1-3H3. The summed E-state index contributed by atoms with van der Waals surface area (Å²) in [5.41, 5.74) is 8.80. The molecular weight excluding hydrogens is 240 g/mol. The van der Waals surface area contributed by atoms with Gasteiger partial charge in [-0.15, -0.1) is 0 Å². The molecule has 2 N–H and O–H groups in total. The van der Waals surface area contributed by atoms with Gasteiger partial charge in [-0.3, -0.25) is 9.48 Å². The minimum atomic E-state index is -0.0255. The first kappa shape index (κ1) is 13.1. The van der Waals surface area contributed by atoms with Crippen molar-refractivity contribution in [1.29, 1.82) is 0 Å². The molecule has 0 fully saturated rings. The molecule has 5 nitrogen and oxygen atoms in total. The van der Waals surface area contributed by atoms with Crippen LogP contribution in [0.3, 0.4) is 0 Å². The molecule has 100 valence electrons. The quantitative estimate of drug-likeness (QED) is 0.850. The van der Waals surface area contributed by atoms with Crippen molar-refractivity contribution in [1.82, 2.24) is 14.7 Å². The minimum Gasteiger partial charge on any atom is -0.399 e. The van der Waals surface area contributed by atoms with Crippen LogP contribution in [0.25, 0.3) is 0 Å². The lowest BCUT2D eigenvalue weighted by atomic mass is 10.2. The summed E-state index contributed by atoms with van der Waals surface area (Å²) in [7, 11) is 3.59. The first-order chi connectivity index (χ1) is 8.97. The second-order valence-corrected chi connectivity index (χ2v) is 4.70. The fourth-order valence-electron chi connectivity index (χ4n) is 1.98. The molecule has 1 heterocycles. The Balaban J connectivity index is 2.11. The van der Waals surface area contributed by atoms with E-state index < -0.39 is 0 Å². The van der Waals surface area contributed by atoms with Gasteiger partial charge in [-0.1, -0.05) is 12.1 Å². The number of hydrogen-bond donors (Lipinski definition) is 1. The van der Waals surface area contributed by atoms with Crippen molar-refractivity contribution in [2.24, 2.45) is 7.05 Å². The summed E-state index contributed by atoms with van der Waals surface area (Å²) in [6.07, 6.45) is 1.75. The highest BCUT2D eigenvalue weighted by molar-refractivity contribution is 5.94. The Morgan fingerprint density at radius 1 is 1.37 bits per heavy atom. The molecule has 2 aromatic rings. The summed E-state index contributed by atoms with van der Waals surface area (Å²) in [6.45, 7) is 2.39. The van der Waals surface area contributed by atoms with Gasteiger partial charge in [-0.2, -0.15) is 5.10 Å². The second-order valence-electron chi connectivity index (χ2n) is 4.70. The number of nitrogen functional groups attached to an aromatic ring is 1. The smallest absolute Gasteiger partial charge is 0.257 e. The van der Waals surface area contributed by atoms with Crippen LogP contribution in [0.2, 0.25) is 0 Å². The highest BCUT2D eigenvalue weighted by Gasteiger charge is 2.16. The zero-order valence-electron chi connectivity index (χ0n) is 11.4. The highest BCUT2D eigenvalue weighted by atomic mass is 16.2. The van der Waals surface area contributed by atoms with Crippen LogP contribution in [-0.4, -0.2) is 27.6 Å². The predicted molar refractivity (Wildman–Crippen MR) is 74.6 cm³/mol. The van der Waals surface area contributed by atoms with E-state index in [4.69, 9.17) is 5.73 Å². The molecule has 0 bridgehead atoms. The number of nitrogens with zero attached hydrogens (tertiary/aromatic N) is 3. The maximum Gasteiger partial charge on any atom is 0.257 e. The Bertz CT molecular complexity index is 586. The van der Waals surface area contributed by atoms with Crippen molar-refractivity contribution in [3.8, 4) is 0 Å². The zero-order chi connectivity index (χ0) is 14.0. The van der Waals surface area contributed by atoms with E-state index in [-0.39, 0.29) is 5.91 Å². The number of carbonyl (C=O) groups excluding carboxylic acids is 1. The number of benzene rings is 1. The van der Waals surface area contributed by atoms with Gasteiger partial charge in [-0.05, 0) is 24.6 Å². The number of hydrogen-bond acceptors (Lipinski definition) is 3. The molecule has 1 aromatic heterocycles. The van der Waals surface area contributed by atoms with Crippen molar-refractivity contribution < 1.29 is 4.79 Å². The van der Waals surface area contributed by atoms with Gasteiger partial charge in [-0.25, -0.2) is 0 Å². The maximum atomic E-state index is 12.3. The Morgan fingerprint density at radius 3 is 2.53 bits per heavy atom. The zero-order valence-corrected chi connectivity index (χ0v) is 11.4. The molecule has 2 rings (SSSR count). The van der Waals surface area contributed by atoms with E-state index in [2.05, 4.69) is 5.10 Å². The molecule has 5 heteroatoms. The van der Waals surface area contributed by atoms with Gasteiger partial charge in [0.1, 0.15) is 0 Å². The summed E-state index contributed by atoms with van der Waals surface area (Å²) in [4.78, 5) is 14.0. The van der Waals surface area contributed by atoms with Crippen molar-refractivity contribution >= 4 is 11.6 Å². The summed E-state index contributed by atoms with van der Waals surface area (Å²) >= 11 is 0. The Hall–Kier alpha value is -2.30. The van der Waals surface area contributed by atoms with E-state index in [1.807, 2.05) is 38.2 Å². The van der Waals surface area contributed by atoms with Crippen LogP contribution in [0.1, 0.15) is 21.6 Å². The maximum absolute atomic E-state index is 12.3. The van der Waals surface area contributed by atoms with Crippen LogP contribution in [0, 0.1) is 6.92 Å². The average molecular weight is 258 g/mol. The monoisotopic (exact) mass is 258 g/mol. The van der Waals surface area contributed by atoms with E-state index in [0.717, 1.165) is 16.9 Å². The van der Waals surface area contributed by atoms with Gasteiger partial charge >= 0.3 is 0 Å². The molecule has 1 aromatic carbocycles. The van der Waals surface area contributed by atoms with Crippen molar-refractivity contribution in [2.75, 3.05) is 12.8 Å². The minimum absolute atomic E-state index is 0.0255. The van der Waals surface area contributed by atoms with Crippen LogP contribution in [0.5, 0.6) is 0 Å². The van der Waals surface area contributed by atoms with Gasteiger partial charge in [0.15, 0.2) is 0 Å². The van der Waals surface area contributed by atoms with Crippen LogP contribution < -0.4 is 5.73 Å². The molecule has 0 aliphatic carbocycles. The van der Waals surface area contributed by atoms with Gasteiger partial charge < -0.3 is 10.6 Å². The van der Waals surface area contributed by atoms with Gasteiger partial charge in [0, 0.05) is 32.5 Å². The Labute approximate surface area is 112 Å². The van der Waals surface area contributed by atoms with Crippen LogP contribution in [-0.2, 0) is 13.6 Å². The number of rotatable bonds is 3. The van der Waals surface area contributed by atoms with Crippen LogP contribution in [0.4, 0.5) is 5.69 Å². The highest BCUT2D eigenvalue weighted by Crippen LogP contribution is 2.12. The topological polar surface area (TPSA) is 64.2 Å². The summed E-state index contributed by atoms with van der Waals surface area (Å²) in [5.74, 6) is -0.0255. The molecule has 0 atom stereocenters. The number of aromatic nitrogens is 2. The number of anilines is 1. The van der Waals surface area contributed by atoms with Crippen molar-refractivity contribution in [3.63, 3.8) is 0 Å². The van der Waals surface area contributed by atoms with Crippen molar-refractivity contribution in [3.05, 3.63) is 47.3 Å². The summed E-state index contributed by atoms with van der Waals surface area (Å²) < 4.78 is 1.65. The third-order valence-electron chi connectivity index (χ3n) is 2.99. The first-order valence-electron chi connectivity index (χ1n) is 6.07. The average Bonchev–Trinajstić information content (AvgIpc) is 2.70. The van der Waals surface area contributed by atoms with E-state index in [1.54, 1.807) is 22.8 Å². The Morgan fingerprint density at radius 2 is 2.00 bits per heavy atom. The lowest BCUT2D eigenvalue weighted by Gasteiger charge is -2.16. The molecule has 0 saturated carbocycles. The Kier molecular flexibility index (Phi) is 3.55. The number of nitrogens with two attached hydrogens (primary N) is 1.